The van der Waals surface area contributed by atoms with Crippen LogP contribution in [-0.2, 0) is 11.3 Å². The van der Waals surface area contributed by atoms with E-state index in [1.807, 2.05) is 20.0 Å². The van der Waals surface area contributed by atoms with Gasteiger partial charge in [0.2, 0.25) is 5.91 Å². The molecule has 88 valence electrons. The summed E-state index contributed by atoms with van der Waals surface area (Å²) in [5.74, 6) is 0.154. The van der Waals surface area contributed by atoms with Crippen molar-refractivity contribution >= 4 is 17.2 Å². The van der Waals surface area contributed by atoms with E-state index >= 15 is 0 Å². The molecular weight excluding hydrogens is 220 g/mol. The maximum atomic E-state index is 11.8. The summed E-state index contributed by atoms with van der Waals surface area (Å²) in [6.07, 6.45) is 2.29. The molecule has 1 aliphatic carbocycles. The maximum Gasteiger partial charge on any atom is 0.237 e. The van der Waals surface area contributed by atoms with Crippen LogP contribution in [-0.4, -0.2) is 29.9 Å². The summed E-state index contributed by atoms with van der Waals surface area (Å²) in [6, 6.07) is 4.54. The van der Waals surface area contributed by atoms with Crippen molar-refractivity contribution in [3.63, 3.8) is 0 Å². The minimum Gasteiger partial charge on any atom is -0.352 e. The second-order valence-electron chi connectivity index (χ2n) is 4.45. The fraction of sp³-hybridized carbons (Fsp3) is 0.583. The lowest BCUT2D eigenvalue weighted by atomic mass is 10.2. The quantitative estimate of drug-likeness (QED) is 0.849. The Bertz CT molecular complexity index is 346. The van der Waals surface area contributed by atoms with E-state index in [9.17, 15) is 4.79 Å². The molecule has 1 atom stereocenters. The van der Waals surface area contributed by atoms with Crippen LogP contribution < -0.4 is 5.32 Å². The lowest BCUT2D eigenvalue weighted by Crippen LogP contribution is -2.43. The molecule has 0 aromatic carbocycles. The first-order chi connectivity index (χ1) is 7.66. The smallest absolute Gasteiger partial charge is 0.237 e. The normalized spacial score (nSPS) is 17.4. The predicted octanol–water partition coefficient (Wildman–Crippen LogP) is 1.85. The monoisotopic (exact) mass is 238 g/mol. The van der Waals surface area contributed by atoms with Crippen molar-refractivity contribution in [2.24, 2.45) is 0 Å². The van der Waals surface area contributed by atoms with Crippen LogP contribution >= 0.6 is 11.3 Å². The van der Waals surface area contributed by atoms with Crippen LogP contribution in [0, 0.1) is 0 Å². The summed E-state index contributed by atoms with van der Waals surface area (Å²) in [5, 5.41) is 5.10. The highest BCUT2D eigenvalue weighted by atomic mass is 32.1. The van der Waals surface area contributed by atoms with E-state index in [0.717, 1.165) is 19.4 Å². The highest BCUT2D eigenvalue weighted by Gasteiger charge is 2.27. The van der Waals surface area contributed by atoms with Gasteiger partial charge in [0, 0.05) is 17.5 Å². The van der Waals surface area contributed by atoms with E-state index in [0.29, 0.717) is 6.04 Å². The molecule has 2 rings (SSSR count). The third kappa shape index (κ3) is 3.06. The number of amides is 1. The molecule has 0 aliphatic heterocycles. The van der Waals surface area contributed by atoms with Gasteiger partial charge >= 0.3 is 0 Å². The van der Waals surface area contributed by atoms with Crippen molar-refractivity contribution in [2.75, 3.05) is 7.05 Å². The van der Waals surface area contributed by atoms with Gasteiger partial charge in [0.1, 0.15) is 0 Å². The van der Waals surface area contributed by atoms with Crippen molar-refractivity contribution in [3.05, 3.63) is 22.4 Å². The molecule has 0 bridgehead atoms. The Kier molecular flexibility index (Phi) is 3.61. The number of nitrogens with zero attached hydrogens (tertiary/aromatic N) is 1. The first-order valence-electron chi connectivity index (χ1n) is 5.70. The maximum absolute atomic E-state index is 11.8. The zero-order valence-corrected chi connectivity index (χ0v) is 10.6. The van der Waals surface area contributed by atoms with Crippen LogP contribution in [0.5, 0.6) is 0 Å². The van der Waals surface area contributed by atoms with Crippen molar-refractivity contribution in [1.29, 1.82) is 0 Å². The summed E-state index contributed by atoms with van der Waals surface area (Å²) in [7, 11) is 2.00. The Morgan fingerprint density at radius 1 is 1.69 bits per heavy atom. The first kappa shape index (κ1) is 11.6. The van der Waals surface area contributed by atoms with E-state index in [4.69, 9.17) is 0 Å². The minimum absolute atomic E-state index is 0.0531. The Balaban J connectivity index is 1.82. The van der Waals surface area contributed by atoms with E-state index < -0.39 is 0 Å². The zero-order chi connectivity index (χ0) is 11.5. The Morgan fingerprint density at radius 2 is 2.44 bits per heavy atom. The zero-order valence-electron chi connectivity index (χ0n) is 9.77. The van der Waals surface area contributed by atoms with Gasteiger partial charge in [0.15, 0.2) is 0 Å². The van der Waals surface area contributed by atoms with Gasteiger partial charge in [-0.25, -0.2) is 0 Å². The number of hydrogen-bond donors (Lipinski definition) is 1. The van der Waals surface area contributed by atoms with Gasteiger partial charge in [-0.15, -0.1) is 11.3 Å². The highest BCUT2D eigenvalue weighted by molar-refractivity contribution is 7.09. The molecule has 1 fully saturated rings. The van der Waals surface area contributed by atoms with Crippen LogP contribution in [0.25, 0.3) is 0 Å². The lowest BCUT2D eigenvalue weighted by Gasteiger charge is -2.23. The van der Waals surface area contributed by atoms with Gasteiger partial charge in [-0.2, -0.15) is 0 Å². The molecule has 1 saturated carbocycles. The van der Waals surface area contributed by atoms with Gasteiger partial charge in [0.25, 0.3) is 0 Å². The third-order valence-electron chi connectivity index (χ3n) is 2.95. The van der Waals surface area contributed by atoms with Gasteiger partial charge in [-0.05, 0) is 38.3 Å². The average Bonchev–Trinajstić information content (AvgIpc) is 2.92. The molecule has 1 amide bonds. The SMILES string of the molecule is C[C@@H](C(=O)NC1CC1)N(C)Cc1cccs1. The van der Waals surface area contributed by atoms with Crippen LogP contribution in [0.2, 0.25) is 0 Å². The summed E-state index contributed by atoms with van der Waals surface area (Å²) in [4.78, 5) is 15.2. The average molecular weight is 238 g/mol. The highest BCUT2D eigenvalue weighted by Crippen LogP contribution is 2.19. The number of carbonyl (C=O) groups excluding carboxylic acids is 1. The molecule has 0 saturated heterocycles. The van der Waals surface area contributed by atoms with Crippen LogP contribution in [0.1, 0.15) is 24.6 Å². The molecule has 0 radical (unpaired) electrons. The second-order valence-corrected chi connectivity index (χ2v) is 5.49. The molecule has 3 nitrogen and oxygen atoms in total. The minimum atomic E-state index is -0.0531. The van der Waals surface area contributed by atoms with Gasteiger partial charge in [0.05, 0.1) is 6.04 Å². The second kappa shape index (κ2) is 4.97. The van der Waals surface area contributed by atoms with Crippen LogP contribution in [0.15, 0.2) is 17.5 Å². The molecule has 1 N–H and O–H groups in total. The number of hydrogen-bond acceptors (Lipinski definition) is 3. The number of thiophene rings is 1. The fourth-order valence-electron chi connectivity index (χ4n) is 1.53. The summed E-state index contributed by atoms with van der Waals surface area (Å²) >= 11 is 1.73. The predicted molar refractivity (Wildman–Crippen MR) is 66.4 cm³/mol. The standard InChI is InChI=1S/C12H18N2OS/c1-9(12(15)13-10-5-6-10)14(2)8-11-4-3-7-16-11/h3-4,7,9-10H,5-6,8H2,1-2H3,(H,13,15)/t9-/m0/s1. The number of likely N-dealkylation sites (N-methyl/N-ethyl adjacent to an activating group) is 1. The van der Waals surface area contributed by atoms with Crippen molar-refractivity contribution in [1.82, 2.24) is 10.2 Å². The number of rotatable bonds is 5. The fourth-order valence-corrected chi connectivity index (χ4v) is 2.30. The Hall–Kier alpha value is -0.870. The topological polar surface area (TPSA) is 32.3 Å². The Labute approximate surface area is 100 Å². The van der Waals surface area contributed by atoms with Crippen molar-refractivity contribution in [3.8, 4) is 0 Å². The molecule has 0 unspecified atom stereocenters. The lowest BCUT2D eigenvalue weighted by molar-refractivity contribution is -0.125. The van der Waals surface area contributed by atoms with E-state index in [1.165, 1.54) is 4.88 Å². The van der Waals surface area contributed by atoms with E-state index in [-0.39, 0.29) is 11.9 Å². The molecule has 4 heteroatoms. The van der Waals surface area contributed by atoms with Gasteiger partial charge < -0.3 is 5.32 Å². The van der Waals surface area contributed by atoms with Gasteiger partial charge in [-0.3, -0.25) is 9.69 Å². The molecular formula is C12H18N2OS. The first-order valence-corrected chi connectivity index (χ1v) is 6.58. The summed E-state index contributed by atoms with van der Waals surface area (Å²) < 4.78 is 0. The molecule has 1 aromatic heterocycles. The number of carbonyl (C=O) groups is 1. The van der Waals surface area contributed by atoms with Gasteiger partial charge in [-0.1, -0.05) is 6.07 Å². The van der Waals surface area contributed by atoms with E-state index in [1.54, 1.807) is 11.3 Å². The van der Waals surface area contributed by atoms with Crippen LogP contribution in [0.3, 0.4) is 0 Å². The summed E-state index contributed by atoms with van der Waals surface area (Å²) in [6.45, 7) is 2.81. The summed E-state index contributed by atoms with van der Waals surface area (Å²) in [5.41, 5.74) is 0. The molecule has 1 heterocycles. The Morgan fingerprint density at radius 3 is 3.00 bits per heavy atom. The molecule has 1 aromatic rings. The number of nitrogens with one attached hydrogen (secondary N) is 1. The molecule has 1 aliphatic rings. The third-order valence-corrected chi connectivity index (χ3v) is 3.81. The van der Waals surface area contributed by atoms with Crippen LogP contribution in [0.4, 0.5) is 0 Å². The molecule has 16 heavy (non-hydrogen) atoms. The van der Waals surface area contributed by atoms with Crippen molar-refractivity contribution < 1.29 is 4.79 Å². The van der Waals surface area contributed by atoms with E-state index in [2.05, 4.69) is 21.7 Å². The molecule has 0 spiro atoms. The van der Waals surface area contributed by atoms with Crippen molar-refractivity contribution in [2.45, 2.75) is 38.4 Å². The largest absolute Gasteiger partial charge is 0.352 e.